The average molecular weight is 280 g/mol. The fourth-order valence-corrected chi connectivity index (χ4v) is 2.36. The number of rotatable bonds is 5. The van der Waals surface area contributed by atoms with Crippen LogP contribution in [0.1, 0.15) is 32.3 Å². The van der Waals surface area contributed by atoms with Crippen LogP contribution < -0.4 is 10.6 Å². The van der Waals surface area contributed by atoms with E-state index in [1.54, 1.807) is 0 Å². The van der Waals surface area contributed by atoms with Crippen LogP contribution in [0.3, 0.4) is 0 Å². The van der Waals surface area contributed by atoms with Crippen molar-refractivity contribution in [1.29, 1.82) is 0 Å². The van der Waals surface area contributed by atoms with Gasteiger partial charge in [0.15, 0.2) is 5.96 Å². The third-order valence-corrected chi connectivity index (χ3v) is 3.79. The van der Waals surface area contributed by atoms with Crippen LogP contribution in [0, 0.1) is 0 Å². The highest BCUT2D eigenvalue weighted by molar-refractivity contribution is 6.30. The van der Waals surface area contributed by atoms with Gasteiger partial charge in [-0.25, -0.2) is 0 Å². The molecular weight excluding hydrogens is 258 g/mol. The standard InChI is InChI=1S/C15H22ClN3/c1-3-17-14(18-4-2)19-11-15(9-10-15)12-5-7-13(16)8-6-12/h5-8H,3-4,9-11H2,1-2H3,(H2,17,18,19). The number of benzene rings is 1. The first-order valence-corrected chi connectivity index (χ1v) is 7.36. The molecule has 104 valence electrons. The third kappa shape index (κ3) is 3.63. The molecule has 1 aromatic rings. The molecule has 0 aromatic heterocycles. The first-order valence-electron chi connectivity index (χ1n) is 6.98. The molecule has 1 fully saturated rings. The molecule has 0 unspecified atom stereocenters. The zero-order chi connectivity index (χ0) is 13.7. The molecule has 2 N–H and O–H groups in total. The van der Waals surface area contributed by atoms with Crippen molar-refractivity contribution in [3.05, 3.63) is 34.9 Å². The maximum absolute atomic E-state index is 5.94. The predicted octanol–water partition coefficient (Wildman–Crippen LogP) is 2.95. The van der Waals surface area contributed by atoms with Crippen molar-refractivity contribution in [1.82, 2.24) is 10.6 Å². The first kappa shape index (κ1) is 14.2. The highest BCUT2D eigenvalue weighted by Gasteiger charge is 2.44. The van der Waals surface area contributed by atoms with Gasteiger partial charge in [-0.1, -0.05) is 23.7 Å². The second-order valence-corrected chi connectivity index (χ2v) is 5.45. The van der Waals surface area contributed by atoms with E-state index in [1.807, 2.05) is 12.1 Å². The number of nitrogens with zero attached hydrogens (tertiary/aromatic N) is 1. The average Bonchev–Trinajstić information content (AvgIpc) is 3.18. The number of halogens is 1. The van der Waals surface area contributed by atoms with Crippen molar-refractivity contribution in [2.45, 2.75) is 32.1 Å². The van der Waals surface area contributed by atoms with Crippen molar-refractivity contribution in [3.63, 3.8) is 0 Å². The van der Waals surface area contributed by atoms with E-state index in [-0.39, 0.29) is 5.41 Å². The second-order valence-electron chi connectivity index (χ2n) is 5.01. The largest absolute Gasteiger partial charge is 0.357 e. The summed E-state index contributed by atoms with van der Waals surface area (Å²) in [5, 5.41) is 7.32. The van der Waals surface area contributed by atoms with Crippen molar-refractivity contribution in [3.8, 4) is 0 Å². The molecule has 2 rings (SSSR count). The van der Waals surface area contributed by atoms with Crippen LogP contribution in [-0.4, -0.2) is 25.6 Å². The monoisotopic (exact) mass is 279 g/mol. The van der Waals surface area contributed by atoms with Crippen LogP contribution in [0.4, 0.5) is 0 Å². The Labute approximate surface area is 120 Å². The van der Waals surface area contributed by atoms with Gasteiger partial charge in [0.1, 0.15) is 0 Å². The molecule has 4 heteroatoms. The van der Waals surface area contributed by atoms with E-state index in [1.165, 1.54) is 18.4 Å². The van der Waals surface area contributed by atoms with Crippen LogP contribution in [0.5, 0.6) is 0 Å². The van der Waals surface area contributed by atoms with Crippen molar-refractivity contribution >= 4 is 17.6 Å². The van der Waals surface area contributed by atoms with Crippen LogP contribution in [0.2, 0.25) is 5.02 Å². The van der Waals surface area contributed by atoms with Gasteiger partial charge in [0.2, 0.25) is 0 Å². The van der Waals surface area contributed by atoms with E-state index in [0.717, 1.165) is 30.6 Å². The molecule has 0 saturated heterocycles. The molecule has 1 saturated carbocycles. The van der Waals surface area contributed by atoms with Gasteiger partial charge in [-0.3, -0.25) is 4.99 Å². The lowest BCUT2D eigenvalue weighted by Crippen LogP contribution is -2.37. The normalized spacial score (nSPS) is 15.7. The first-order chi connectivity index (χ1) is 9.20. The Morgan fingerprint density at radius 3 is 2.21 bits per heavy atom. The zero-order valence-electron chi connectivity index (χ0n) is 11.7. The Morgan fingerprint density at radius 1 is 1.16 bits per heavy atom. The Bertz CT molecular complexity index is 427. The van der Waals surface area contributed by atoms with Crippen LogP contribution in [0.15, 0.2) is 29.3 Å². The number of guanidine groups is 1. The summed E-state index contributed by atoms with van der Waals surface area (Å²) in [5.74, 6) is 0.908. The zero-order valence-corrected chi connectivity index (χ0v) is 12.4. The molecule has 1 aliphatic rings. The Balaban J connectivity index is 2.04. The topological polar surface area (TPSA) is 36.4 Å². The van der Waals surface area contributed by atoms with E-state index in [0.29, 0.717) is 0 Å². The summed E-state index contributed by atoms with van der Waals surface area (Å²) >= 11 is 5.94. The minimum Gasteiger partial charge on any atom is -0.357 e. The molecule has 0 aliphatic heterocycles. The molecule has 19 heavy (non-hydrogen) atoms. The number of hydrogen-bond donors (Lipinski definition) is 2. The van der Waals surface area contributed by atoms with Crippen molar-refractivity contribution in [2.75, 3.05) is 19.6 Å². The van der Waals surface area contributed by atoms with Crippen LogP contribution in [-0.2, 0) is 5.41 Å². The van der Waals surface area contributed by atoms with Crippen LogP contribution >= 0.6 is 11.6 Å². The SMILES string of the molecule is CCNC(=NCC1(c2ccc(Cl)cc2)CC1)NCC. The van der Waals surface area contributed by atoms with E-state index in [9.17, 15) is 0 Å². The summed E-state index contributed by atoms with van der Waals surface area (Å²) in [5.41, 5.74) is 1.59. The predicted molar refractivity (Wildman–Crippen MR) is 82.0 cm³/mol. The van der Waals surface area contributed by atoms with E-state index in [2.05, 4.69) is 36.6 Å². The van der Waals surface area contributed by atoms with E-state index >= 15 is 0 Å². The maximum atomic E-state index is 5.94. The van der Waals surface area contributed by atoms with Gasteiger partial charge in [0.25, 0.3) is 0 Å². The summed E-state index contributed by atoms with van der Waals surface area (Å²) in [6.45, 7) is 6.78. The quantitative estimate of drug-likeness (QED) is 0.642. The second kappa shape index (κ2) is 6.29. The number of hydrogen-bond acceptors (Lipinski definition) is 1. The Hall–Kier alpha value is -1.22. The molecule has 1 aliphatic carbocycles. The summed E-state index contributed by atoms with van der Waals surface area (Å²) in [6.07, 6.45) is 2.42. The van der Waals surface area contributed by atoms with Gasteiger partial charge in [0, 0.05) is 23.5 Å². The lowest BCUT2D eigenvalue weighted by atomic mass is 9.96. The number of aliphatic imine (C=N–C) groups is 1. The molecule has 0 atom stereocenters. The Kier molecular flexibility index (Phi) is 4.70. The van der Waals surface area contributed by atoms with E-state index < -0.39 is 0 Å². The minimum absolute atomic E-state index is 0.237. The number of nitrogens with one attached hydrogen (secondary N) is 2. The highest BCUT2D eigenvalue weighted by atomic mass is 35.5. The molecule has 0 radical (unpaired) electrons. The molecule has 0 heterocycles. The van der Waals surface area contributed by atoms with Crippen LogP contribution in [0.25, 0.3) is 0 Å². The van der Waals surface area contributed by atoms with Gasteiger partial charge in [0.05, 0.1) is 6.54 Å². The molecule has 0 amide bonds. The van der Waals surface area contributed by atoms with Crippen molar-refractivity contribution < 1.29 is 0 Å². The molecule has 1 aromatic carbocycles. The molecule has 3 nitrogen and oxygen atoms in total. The van der Waals surface area contributed by atoms with Gasteiger partial charge in [-0.2, -0.15) is 0 Å². The van der Waals surface area contributed by atoms with Gasteiger partial charge in [-0.15, -0.1) is 0 Å². The lowest BCUT2D eigenvalue weighted by Gasteiger charge is -2.15. The highest BCUT2D eigenvalue weighted by Crippen LogP contribution is 2.48. The van der Waals surface area contributed by atoms with E-state index in [4.69, 9.17) is 16.6 Å². The minimum atomic E-state index is 0.237. The summed E-state index contributed by atoms with van der Waals surface area (Å²) < 4.78 is 0. The maximum Gasteiger partial charge on any atom is 0.191 e. The summed E-state index contributed by atoms with van der Waals surface area (Å²) in [7, 11) is 0. The molecular formula is C15H22ClN3. The lowest BCUT2D eigenvalue weighted by molar-refractivity contribution is 0.694. The summed E-state index contributed by atoms with van der Waals surface area (Å²) in [6, 6.07) is 8.20. The van der Waals surface area contributed by atoms with Gasteiger partial charge in [-0.05, 0) is 44.4 Å². The fraction of sp³-hybridized carbons (Fsp3) is 0.533. The van der Waals surface area contributed by atoms with Gasteiger partial charge >= 0.3 is 0 Å². The fourth-order valence-electron chi connectivity index (χ4n) is 2.23. The molecule has 0 bridgehead atoms. The smallest absolute Gasteiger partial charge is 0.191 e. The van der Waals surface area contributed by atoms with Gasteiger partial charge < -0.3 is 10.6 Å². The summed E-state index contributed by atoms with van der Waals surface area (Å²) in [4.78, 5) is 4.70. The Morgan fingerprint density at radius 2 is 1.74 bits per heavy atom. The third-order valence-electron chi connectivity index (χ3n) is 3.54. The van der Waals surface area contributed by atoms with Crippen molar-refractivity contribution in [2.24, 2.45) is 4.99 Å². The molecule has 0 spiro atoms.